The molecule has 0 saturated carbocycles. The molecule has 7 heteroatoms. The maximum atomic E-state index is 10.9. The van der Waals surface area contributed by atoms with E-state index in [1.165, 1.54) is 13.2 Å². The van der Waals surface area contributed by atoms with E-state index >= 15 is 0 Å². The Balaban J connectivity index is 2.53. The highest BCUT2D eigenvalue weighted by molar-refractivity contribution is 7.84. The second-order valence-electron chi connectivity index (χ2n) is 4.07. The molecule has 0 heterocycles. The van der Waals surface area contributed by atoms with Gasteiger partial charge in [-0.3, -0.25) is 14.3 Å². The van der Waals surface area contributed by atoms with Crippen molar-refractivity contribution in [3.8, 4) is 5.75 Å². The van der Waals surface area contributed by atoms with Crippen molar-refractivity contribution in [3.05, 3.63) is 33.9 Å². The summed E-state index contributed by atoms with van der Waals surface area (Å²) in [4.78, 5) is 10.4. The summed E-state index contributed by atoms with van der Waals surface area (Å²) in [6.45, 7) is 1.28. The molecular weight excluding hydrogens is 268 g/mol. The van der Waals surface area contributed by atoms with E-state index in [1.807, 2.05) is 0 Å². The average Bonchev–Trinajstić information content (AvgIpc) is 2.37. The van der Waals surface area contributed by atoms with E-state index in [0.717, 1.165) is 18.5 Å². The summed E-state index contributed by atoms with van der Waals surface area (Å²) >= 11 is 0. The summed E-state index contributed by atoms with van der Waals surface area (Å²) in [7, 11) is 0.634. The predicted molar refractivity (Wildman–Crippen MR) is 74.9 cm³/mol. The molecule has 0 fully saturated rings. The Bertz CT molecular complexity index is 465. The fraction of sp³-hybridized carbons (Fsp3) is 0.500. The zero-order valence-electron chi connectivity index (χ0n) is 11.0. The van der Waals surface area contributed by atoms with Gasteiger partial charge in [0.05, 0.1) is 12.0 Å². The molecule has 106 valence electrons. The van der Waals surface area contributed by atoms with E-state index in [2.05, 4.69) is 5.32 Å². The Morgan fingerprint density at radius 2 is 2.21 bits per heavy atom. The van der Waals surface area contributed by atoms with Crippen LogP contribution in [0.1, 0.15) is 12.0 Å². The lowest BCUT2D eigenvalue weighted by atomic mass is 10.2. The molecule has 0 amide bonds. The van der Waals surface area contributed by atoms with Crippen molar-refractivity contribution < 1.29 is 13.9 Å². The van der Waals surface area contributed by atoms with Crippen molar-refractivity contribution in [2.24, 2.45) is 0 Å². The van der Waals surface area contributed by atoms with Crippen LogP contribution in [-0.4, -0.2) is 34.8 Å². The highest BCUT2D eigenvalue weighted by atomic mass is 32.2. The number of ether oxygens (including phenoxy) is 1. The van der Waals surface area contributed by atoms with Crippen molar-refractivity contribution in [3.63, 3.8) is 0 Å². The fourth-order valence-electron chi connectivity index (χ4n) is 1.62. The second-order valence-corrected chi connectivity index (χ2v) is 5.63. The number of rotatable bonds is 8. The topological polar surface area (TPSA) is 81.5 Å². The van der Waals surface area contributed by atoms with Crippen molar-refractivity contribution >= 4 is 16.5 Å². The number of nitro benzene ring substituents is 1. The molecule has 0 aliphatic rings. The van der Waals surface area contributed by atoms with Gasteiger partial charge in [0.1, 0.15) is 0 Å². The molecular formula is C12H18N2O4S. The van der Waals surface area contributed by atoms with Gasteiger partial charge in [-0.1, -0.05) is 6.07 Å². The Kier molecular flexibility index (Phi) is 6.44. The normalized spacial score (nSPS) is 12.1. The molecule has 0 aliphatic carbocycles. The van der Waals surface area contributed by atoms with Gasteiger partial charge < -0.3 is 10.1 Å². The molecule has 0 spiro atoms. The lowest BCUT2D eigenvalue weighted by Crippen LogP contribution is -2.16. The van der Waals surface area contributed by atoms with E-state index in [1.54, 1.807) is 18.4 Å². The van der Waals surface area contributed by atoms with E-state index in [9.17, 15) is 14.3 Å². The van der Waals surface area contributed by atoms with Gasteiger partial charge in [0.15, 0.2) is 5.75 Å². The van der Waals surface area contributed by atoms with Crippen LogP contribution in [0.25, 0.3) is 0 Å². The van der Waals surface area contributed by atoms with Gasteiger partial charge in [-0.2, -0.15) is 0 Å². The third-order valence-corrected chi connectivity index (χ3v) is 3.42. The van der Waals surface area contributed by atoms with Gasteiger partial charge in [0, 0.05) is 35.4 Å². The summed E-state index contributed by atoms with van der Waals surface area (Å²) in [5.74, 6) is 0.922. The van der Waals surface area contributed by atoms with Crippen molar-refractivity contribution in [1.82, 2.24) is 5.32 Å². The number of benzene rings is 1. The highest BCUT2D eigenvalue weighted by Gasteiger charge is 2.14. The van der Waals surface area contributed by atoms with Crippen LogP contribution in [0.15, 0.2) is 18.2 Å². The fourth-order valence-corrected chi connectivity index (χ4v) is 2.17. The number of hydrogen-bond acceptors (Lipinski definition) is 5. The summed E-state index contributed by atoms with van der Waals surface area (Å²) in [6, 6.07) is 4.89. The zero-order chi connectivity index (χ0) is 14.3. The van der Waals surface area contributed by atoms with Gasteiger partial charge in [0.25, 0.3) is 0 Å². The average molecular weight is 286 g/mol. The number of nitro groups is 1. The Morgan fingerprint density at radius 3 is 2.79 bits per heavy atom. The van der Waals surface area contributed by atoms with E-state index < -0.39 is 15.7 Å². The molecule has 0 saturated heterocycles. The van der Waals surface area contributed by atoms with Crippen molar-refractivity contribution in [2.75, 3.05) is 25.7 Å². The molecule has 0 aromatic heterocycles. The van der Waals surface area contributed by atoms with Crippen molar-refractivity contribution in [2.45, 2.75) is 13.0 Å². The number of nitrogens with zero attached hydrogens (tertiary/aromatic N) is 1. The van der Waals surface area contributed by atoms with Crippen LogP contribution in [0.2, 0.25) is 0 Å². The molecule has 1 aromatic carbocycles. The first-order chi connectivity index (χ1) is 9.04. The number of hydrogen-bond donors (Lipinski definition) is 1. The Morgan fingerprint density at radius 1 is 1.47 bits per heavy atom. The van der Waals surface area contributed by atoms with Crippen LogP contribution < -0.4 is 10.1 Å². The highest BCUT2D eigenvalue weighted by Crippen LogP contribution is 2.27. The number of methoxy groups -OCH3 is 1. The number of nitrogens with one attached hydrogen (secondary N) is 1. The summed E-state index contributed by atoms with van der Waals surface area (Å²) in [5.41, 5.74) is 0.793. The minimum atomic E-state index is -0.774. The van der Waals surface area contributed by atoms with Crippen LogP contribution >= 0.6 is 0 Å². The summed E-state index contributed by atoms with van der Waals surface area (Å²) < 4.78 is 15.8. The largest absolute Gasteiger partial charge is 0.490 e. The molecule has 0 bridgehead atoms. The first kappa shape index (κ1) is 15.6. The van der Waals surface area contributed by atoms with Crippen LogP contribution in [0.3, 0.4) is 0 Å². The standard InChI is InChI=1S/C12H18N2O4S/c1-18-12-5-4-10(8-11(12)14(15)16)9-13-6-3-7-19(2)17/h4-5,8,13H,3,6-7,9H2,1-2H3. The molecule has 19 heavy (non-hydrogen) atoms. The van der Waals surface area contributed by atoms with Gasteiger partial charge in [-0.15, -0.1) is 0 Å². The summed E-state index contributed by atoms with van der Waals surface area (Å²) in [6.07, 6.45) is 2.49. The summed E-state index contributed by atoms with van der Waals surface area (Å²) in [5, 5.41) is 14.0. The van der Waals surface area contributed by atoms with Crippen molar-refractivity contribution in [1.29, 1.82) is 0 Å². The molecule has 1 rings (SSSR count). The molecule has 0 radical (unpaired) electrons. The van der Waals surface area contributed by atoms with Gasteiger partial charge in [0.2, 0.25) is 0 Å². The van der Waals surface area contributed by atoms with Crippen LogP contribution in [0, 0.1) is 10.1 Å². The molecule has 6 nitrogen and oxygen atoms in total. The third-order valence-electron chi connectivity index (χ3n) is 2.55. The van der Waals surface area contributed by atoms with Gasteiger partial charge in [-0.05, 0) is 24.6 Å². The second kappa shape index (κ2) is 7.85. The van der Waals surface area contributed by atoms with E-state index in [4.69, 9.17) is 4.74 Å². The lowest BCUT2D eigenvalue weighted by Gasteiger charge is -2.06. The molecule has 1 aromatic rings. The van der Waals surface area contributed by atoms with E-state index in [-0.39, 0.29) is 11.4 Å². The molecule has 1 unspecified atom stereocenters. The monoisotopic (exact) mass is 286 g/mol. The van der Waals surface area contributed by atoms with Crippen LogP contribution in [0.4, 0.5) is 5.69 Å². The smallest absolute Gasteiger partial charge is 0.311 e. The maximum Gasteiger partial charge on any atom is 0.311 e. The Hall–Kier alpha value is -1.47. The van der Waals surface area contributed by atoms with Crippen LogP contribution in [-0.2, 0) is 17.3 Å². The minimum absolute atomic E-state index is 0.0311. The molecule has 1 atom stereocenters. The maximum absolute atomic E-state index is 10.9. The van der Waals surface area contributed by atoms with E-state index in [0.29, 0.717) is 12.3 Å². The van der Waals surface area contributed by atoms with Gasteiger partial charge >= 0.3 is 5.69 Å². The predicted octanol–water partition coefficient (Wildman–Crippen LogP) is 1.46. The molecule has 1 N–H and O–H groups in total. The quantitative estimate of drug-likeness (QED) is 0.444. The first-order valence-corrected chi connectivity index (χ1v) is 7.59. The first-order valence-electron chi connectivity index (χ1n) is 5.86. The molecule has 0 aliphatic heterocycles. The van der Waals surface area contributed by atoms with Crippen LogP contribution in [0.5, 0.6) is 5.75 Å². The zero-order valence-corrected chi connectivity index (χ0v) is 11.9. The third kappa shape index (κ3) is 5.35. The lowest BCUT2D eigenvalue weighted by molar-refractivity contribution is -0.385. The van der Waals surface area contributed by atoms with Gasteiger partial charge in [-0.25, -0.2) is 0 Å². The Labute approximate surface area is 114 Å². The SMILES string of the molecule is COc1ccc(CNCCCS(C)=O)cc1[N+](=O)[O-]. The minimum Gasteiger partial charge on any atom is -0.490 e.